The van der Waals surface area contributed by atoms with Gasteiger partial charge in [-0.15, -0.1) is 0 Å². The Labute approximate surface area is 118 Å². The Morgan fingerprint density at radius 2 is 2.06 bits per heavy atom. The smallest absolute Gasteiger partial charge is 0.135 e. The largest absolute Gasteiger partial charge is 0.299 e. The van der Waals surface area contributed by atoms with Gasteiger partial charge in [-0.1, -0.05) is 20.8 Å². The molecule has 18 heavy (non-hydrogen) atoms. The van der Waals surface area contributed by atoms with E-state index in [9.17, 15) is 4.79 Å². The summed E-state index contributed by atoms with van der Waals surface area (Å²) in [6.07, 6.45) is 3.43. The van der Waals surface area contributed by atoms with Crippen LogP contribution in [-0.4, -0.2) is 15.6 Å². The van der Waals surface area contributed by atoms with Crippen LogP contribution < -0.4 is 0 Å². The van der Waals surface area contributed by atoms with E-state index in [1.807, 2.05) is 18.5 Å². The third-order valence-electron chi connectivity index (χ3n) is 3.17. The molecule has 1 rings (SSSR count). The summed E-state index contributed by atoms with van der Waals surface area (Å²) >= 11 is 3.63. The number of rotatable bonds is 7. The molecule has 1 heterocycles. The lowest BCUT2D eigenvalue weighted by molar-refractivity contribution is -0.121. The SMILES string of the molecule is CCc1nn(CC)c(CCCC(=O)C(C)C)c1Br. The molecule has 3 nitrogen and oxygen atoms in total. The first-order chi connectivity index (χ1) is 8.51. The molecule has 102 valence electrons. The molecule has 0 saturated carbocycles. The zero-order valence-corrected chi connectivity index (χ0v) is 13.4. The third kappa shape index (κ3) is 3.67. The molecule has 0 aromatic carbocycles. The molecule has 0 aliphatic rings. The minimum atomic E-state index is 0.149. The zero-order valence-electron chi connectivity index (χ0n) is 11.8. The number of carbonyl (C=O) groups excluding carboxylic acids is 1. The Morgan fingerprint density at radius 1 is 1.39 bits per heavy atom. The van der Waals surface area contributed by atoms with E-state index in [2.05, 4.69) is 34.9 Å². The van der Waals surface area contributed by atoms with Crippen molar-refractivity contribution in [3.05, 3.63) is 15.9 Å². The second-order valence-electron chi connectivity index (χ2n) is 4.85. The monoisotopic (exact) mass is 314 g/mol. The van der Waals surface area contributed by atoms with E-state index < -0.39 is 0 Å². The lowest BCUT2D eigenvalue weighted by Gasteiger charge is -2.06. The van der Waals surface area contributed by atoms with Gasteiger partial charge in [0, 0.05) is 18.9 Å². The van der Waals surface area contributed by atoms with Gasteiger partial charge in [0.2, 0.25) is 0 Å². The van der Waals surface area contributed by atoms with E-state index in [0.717, 1.165) is 36.0 Å². The van der Waals surface area contributed by atoms with Crippen LogP contribution >= 0.6 is 15.9 Å². The van der Waals surface area contributed by atoms with Crippen LogP contribution in [0.15, 0.2) is 4.47 Å². The topological polar surface area (TPSA) is 34.9 Å². The standard InChI is InChI=1S/C14H23BrN2O/c1-5-11-14(15)12(17(6-2)16-11)8-7-9-13(18)10(3)4/h10H,5-9H2,1-4H3. The van der Waals surface area contributed by atoms with Crippen LogP contribution in [0.3, 0.4) is 0 Å². The molecule has 0 unspecified atom stereocenters. The lowest BCUT2D eigenvalue weighted by atomic mass is 10.0. The van der Waals surface area contributed by atoms with Gasteiger partial charge in [-0.2, -0.15) is 5.10 Å². The first-order valence-electron chi connectivity index (χ1n) is 6.77. The van der Waals surface area contributed by atoms with Crippen molar-refractivity contribution in [1.29, 1.82) is 0 Å². The quantitative estimate of drug-likeness (QED) is 0.767. The van der Waals surface area contributed by atoms with Gasteiger partial charge in [0.25, 0.3) is 0 Å². The molecule has 1 aromatic heterocycles. The van der Waals surface area contributed by atoms with Crippen molar-refractivity contribution in [2.45, 2.75) is 59.9 Å². The number of carbonyl (C=O) groups is 1. The maximum absolute atomic E-state index is 11.6. The fraction of sp³-hybridized carbons (Fsp3) is 0.714. The molecule has 0 fully saturated rings. The fourth-order valence-corrected chi connectivity index (χ4v) is 2.74. The maximum Gasteiger partial charge on any atom is 0.135 e. The molecule has 0 amide bonds. The van der Waals surface area contributed by atoms with E-state index in [-0.39, 0.29) is 5.92 Å². The van der Waals surface area contributed by atoms with Gasteiger partial charge in [0.05, 0.1) is 15.9 Å². The van der Waals surface area contributed by atoms with Gasteiger partial charge in [-0.05, 0) is 42.1 Å². The highest BCUT2D eigenvalue weighted by molar-refractivity contribution is 9.10. The molecule has 0 aliphatic carbocycles. The summed E-state index contributed by atoms with van der Waals surface area (Å²) in [5, 5.41) is 4.56. The highest BCUT2D eigenvalue weighted by Crippen LogP contribution is 2.24. The summed E-state index contributed by atoms with van der Waals surface area (Å²) in [5.41, 5.74) is 2.34. The number of Topliss-reactive ketones (excluding diaryl/α,β-unsaturated/α-hetero) is 1. The third-order valence-corrected chi connectivity index (χ3v) is 4.09. The predicted molar refractivity (Wildman–Crippen MR) is 77.8 cm³/mol. The maximum atomic E-state index is 11.6. The second-order valence-corrected chi connectivity index (χ2v) is 5.64. The Bertz CT molecular complexity index is 410. The van der Waals surface area contributed by atoms with Gasteiger partial charge in [-0.3, -0.25) is 9.48 Å². The molecular weight excluding hydrogens is 292 g/mol. The van der Waals surface area contributed by atoms with E-state index in [1.54, 1.807) is 0 Å². The minimum Gasteiger partial charge on any atom is -0.299 e. The van der Waals surface area contributed by atoms with Crippen LogP contribution in [-0.2, 0) is 24.2 Å². The lowest BCUT2D eigenvalue weighted by Crippen LogP contribution is -2.08. The number of hydrogen-bond acceptors (Lipinski definition) is 2. The van der Waals surface area contributed by atoms with E-state index in [1.165, 1.54) is 5.69 Å². The molecule has 0 aliphatic heterocycles. The van der Waals surface area contributed by atoms with Crippen molar-refractivity contribution in [2.24, 2.45) is 5.92 Å². The second kappa shape index (κ2) is 7.07. The summed E-state index contributed by atoms with van der Waals surface area (Å²) in [6, 6.07) is 0. The molecule has 0 saturated heterocycles. The van der Waals surface area contributed by atoms with Crippen LogP contribution in [0.2, 0.25) is 0 Å². The Balaban J connectivity index is 2.66. The van der Waals surface area contributed by atoms with Gasteiger partial charge < -0.3 is 0 Å². The van der Waals surface area contributed by atoms with Gasteiger partial charge in [-0.25, -0.2) is 0 Å². The van der Waals surface area contributed by atoms with Crippen molar-refractivity contribution in [3.8, 4) is 0 Å². The summed E-state index contributed by atoms with van der Waals surface area (Å²) in [5.74, 6) is 0.500. The average molecular weight is 315 g/mol. The molecule has 0 bridgehead atoms. The normalized spacial score (nSPS) is 11.2. The molecule has 0 N–H and O–H groups in total. The Morgan fingerprint density at radius 3 is 2.56 bits per heavy atom. The van der Waals surface area contributed by atoms with Crippen molar-refractivity contribution in [3.63, 3.8) is 0 Å². The highest BCUT2D eigenvalue weighted by atomic mass is 79.9. The summed E-state index contributed by atoms with van der Waals surface area (Å²) in [7, 11) is 0. The molecule has 0 spiro atoms. The van der Waals surface area contributed by atoms with Crippen molar-refractivity contribution in [1.82, 2.24) is 9.78 Å². The number of ketones is 1. The first kappa shape index (κ1) is 15.4. The predicted octanol–water partition coefficient (Wildman–Crippen LogP) is 3.78. The highest BCUT2D eigenvalue weighted by Gasteiger charge is 2.14. The average Bonchev–Trinajstić information content (AvgIpc) is 2.65. The van der Waals surface area contributed by atoms with E-state index in [4.69, 9.17) is 0 Å². The van der Waals surface area contributed by atoms with E-state index >= 15 is 0 Å². The number of aromatic nitrogens is 2. The van der Waals surface area contributed by atoms with Crippen LogP contribution in [0.4, 0.5) is 0 Å². The van der Waals surface area contributed by atoms with Crippen molar-refractivity contribution >= 4 is 21.7 Å². The van der Waals surface area contributed by atoms with Gasteiger partial charge in [0.1, 0.15) is 5.78 Å². The minimum absolute atomic E-state index is 0.149. The van der Waals surface area contributed by atoms with Gasteiger partial charge in [0.15, 0.2) is 0 Å². The van der Waals surface area contributed by atoms with Crippen LogP contribution in [0, 0.1) is 5.92 Å². The molecule has 1 aromatic rings. The Kier molecular flexibility index (Phi) is 6.06. The molecule has 0 atom stereocenters. The Hall–Kier alpha value is -0.640. The molecule has 0 radical (unpaired) electrons. The van der Waals surface area contributed by atoms with E-state index in [0.29, 0.717) is 12.2 Å². The molecular formula is C14H23BrN2O. The number of aryl methyl sites for hydroxylation is 2. The van der Waals surface area contributed by atoms with Crippen molar-refractivity contribution < 1.29 is 4.79 Å². The summed E-state index contributed by atoms with van der Waals surface area (Å²) in [6.45, 7) is 9.01. The first-order valence-corrected chi connectivity index (χ1v) is 7.57. The zero-order chi connectivity index (χ0) is 13.7. The van der Waals surface area contributed by atoms with Gasteiger partial charge >= 0.3 is 0 Å². The summed E-state index contributed by atoms with van der Waals surface area (Å²) in [4.78, 5) is 11.6. The van der Waals surface area contributed by atoms with Crippen molar-refractivity contribution in [2.75, 3.05) is 0 Å². The summed E-state index contributed by atoms with van der Waals surface area (Å²) < 4.78 is 3.17. The molecule has 4 heteroatoms. The fourth-order valence-electron chi connectivity index (χ4n) is 1.97. The van der Waals surface area contributed by atoms with Crippen LogP contribution in [0.5, 0.6) is 0 Å². The van der Waals surface area contributed by atoms with Crippen LogP contribution in [0.1, 0.15) is 51.9 Å². The number of hydrogen-bond donors (Lipinski definition) is 0. The number of nitrogens with zero attached hydrogens (tertiary/aromatic N) is 2. The number of halogens is 1. The van der Waals surface area contributed by atoms with Crippen LogP contribution in [0.25, 0.3) is 0 Å².